The fourth-order valence-electron chi connectivity index (χ4n) is 2.91. The Kier molecular flexibility index (Phi) is 3.86. The third-order valence-electron chi connectivity index (χ3n) is 3.91. The Bertz CT molecular complexity index is 459. The Hall–Kier alpha value is -0.910. The number of hydrogen-bond donors (Lipinski definition) is 1. The van der Waals surface area contributed by atoms with Crippen LogP contribution in [0.5, 0.6) is 0 Å². The molecule has 104 valence electrons. The number of fused-ring (bicyclic) bond motifs is 2. The molecule has 2 aliphatic heterocycles. The number of ether oxygens (including phenoxy) is 2. The van der Waals surface area contributed by atoms with Crippen molar-refractivity contribution in [2.24, 2.45) is 0 Å². The number of thiophene rings is 1. The van der Waals surface area contributed by atoms with Crippen LogP contribution in [0, 0.1) is 0 Å². The highest BCUT2D eigenvalue weighted by Gasteiger charge is 2.40. The molecule has 0 aromatic carbocycles. The zero-order valence-electron chi connectivity index (χ0n) is 11.1. The van der Waals surface area contributed by atoms with E-state index in [9.17, 15) is 4.79 Å². The highest BCUT2D eigenvalue weighted by Crippen LogP contribution is 2.34. The van der Waals surface area contributed by atoms with E-state index in [1.165, 1.54) is 24.8 Å². The Morgan fingerprint density at radius 1 is 1.47 bits per heavy atom. The highest BCUT2D eigenvalue weighted by atomic mass is 32.1. The van der Waals surface area contributed by atoms with Gasteiger partial charge in [-0.25, -0.2) is 0 Å². The smallest absolute Gasteiger partial charge is 0.310 e. The monoisotopic (exact) mass is 281 g/mol. The van der Waals surface area contributed by atoms with Gasteiger partial charge in [0.05, 0.1) is 25.7 Å². The lowest BCUT2D eigenvalue weighted by molar-refractivity contribution is -0.139. The minimum Gasteiger partial charge on any atom is -0.469 e. The van der Waals surface area contributed by atoms with Crippen molar-refractivity contribution in [2.75, 3.05) is 7.11 Å². The lowest BCUT2D eigenvalue weighted by Gasteiger charge is -2.19. The first-order valence-electron chi connectivity index (χ1n) is 6.78. The minimum atomic E-state index is -0.178. The maximum atomic E-state index is 11.2. The average molecular weight is 281 g/mol. The van der Waals surface area contributed by atoms with E-state index >= 15 is 0 Å². The summed E-state index contributed by atoms with van der Waals surface area (Å²) in [5.74, 6) is -0.178. The van der Waals surface area contributed by atoms with Crippen LogP contribution in [0.4, 0.5) is 0 Å². The zero-order valence-corrected chi connectivity index (χ0v) is 11.9. The molecule has 0 radical (unpaired) electrons. The van der Waals surface area contributed by atoms with Gasteiger partial charge >= 0.3 is 5.97 Å². The van der Waals surface area contributed by atoms with Gasteiger partial charge in [0, 0.05) is 22.3 Å². The van der Waals surface area contributed by atoms with E-state index in [-0.39, 0.29) is 5.97 Å². The first-order chi connectivity index (χ1) is 9.24. The Labute approximate surface area is 117 Å². The van der Waals surface area contributed by atoms with Crippen LogP contribution in [-0.2, 0) is 27.2 Å². The van der Waals surface area contributed by atoms with Crippen LogP contribution < -0.4 is 5.32 Å². The number of hydrogen-bond acceptors (Lipinski definition) is 5. The molecule has 2 aliphatic rings. The van der Waals surface area contributed by atoms with Crippen LogP contribution in [0.1, 0.15) is 29.0 Å². The van der Waals surface area contributed by atoms with Crippen molar-refractivity contribution >= 4 is 17.3 Å². The molecule has 2 saturated heterocycles. The summed E-state index contributed by atoms with van der Waals surface area (Å²) >= 11 is 1.68. The van der Waals surface area contributed by atoms with Gasteiger partial charge in [-0.05, 0) is 31.4 Å². The van der Waals surface area contributed by atoms with Crippen LogP contribution in [0.2, 0.25) is 0 Å². The van der Waals surface area contributed by atoms with Gasteiger partial charge < -0.3 is 14.8 Å². The molecule has 0 aliphatic carbocycles. The topological polar surface area (TPSA) is 47.6 Å². The molecular formula is C14H19NO3S. The highest BCUT2D eigenvalue weighted by molar-refractivity contribution is 7.12. The molecule has 1 aromatic rings. The van der Waals surface area contributed by atoms with Crippen molar-refractivity contribution in [3.8, 4) is 0 Å². The molecule has 5 heteroatoms. The van der Waals surface area contributed by atoms with Gasteiger partial charge in [-0.1, -0.05) is 0 Å². The second kappa shape index (κ2) is 5.61. The van der Waals surface area contributed by atoms with E-state index < -0.39 is 0 Å². The van der Waals surface area contributed by atoms with Crippen LogP contribution in [0.25, 0.3) is 0 Å². The van der Waals surface area contributed by atoms with Crippen molar-refractivity contribution in [3.05, 3.63) is 21.9 Å². The number of methoxy groups -OCH3 is 1. The summed E-state index contributed by atoms with van der Waals surface area (Å²) in [5.41, 5.74) is 0. The Morgan fingerprint density at radius 2 is 2.32 bits per heavy atom. The molecule has 3 unspecified atom stereocenters. The molecule has 0 amide bonds. The summed E-state index contributed by atoms with van der Waals surface area (Å²) in [4.78, 5) is 13.5. The summed E-state index contributed by atoms with van der Waals surface area (Å²) in [6.07, 6.45) is 4.84. The SMILES string of the molecule is COC(=O)Cc1ccc(CNC2CC3CCC2O3)s1. The molecule has 0 saturated carbocycles. The Balaban J connectivity index is 1.49. The van der Waals surface area contributed by atoms with Crippen LogP contribution >= 0.6 is 11.3 Å². The van der Waals surface area contributed by atoms with Crippen LogP contribution in [-0.4, -0.2) is 31.3 Å². The second-order valence-corrected chi connectivity index (χ2v) is 6.47. The fourth-order valence-corrected chi connectivity index (χ4v) is 3.87. The lowest BCUT2D eigenvalue weighted by atomic mass is 9.95. The van der Waals surface area contributed by atoms with Gasteiger partial charge in [-0.3, -0.25) is 4.79 Å². The molecule has 1 N–H and O–H groups in total. The van der Waals surface area contributed by atoms with E-state index in [1.807, 2.05) is 6.07 Å². The van der Waals surface area contributed by atoms with Gasteiger partial charge in [0.2, 0.25) is 0 Å². The van der Waals surface area contributed by atoms with E-state index in [1.54, 1.807) is 11.3 Å². The van der Waals surface area contributed by atoms with Gasteiger partial charge in [-0.15, -0.1) is 11.3 Å². The Morgan fingerprint density at radius 3 is 3.00 bits per heavy atom. The number of carbonyl (C=O) groups excluding carboxylic acids is 1. The molecule has 4 nitrogen and oxygen atoms in total. The average Bonchev–Trinajstić information content (AvgIpc) is 3.12. The number of esters is 1. The number of nitrogens with one attached hydrogen (secondary N) is 1. The van der Waals surface area contributed by atoms with Gasteiger partial charge in [0.25, 0.3) is 0 Å². The molecule has 3 heterocycles. The summed E-state index contributed by atoms with van der Waals surface area (Å²) in [7, 11) is 1.42. The first kappa shape index (κ1) is 13.1. The van der Waals surface area contributed by atoms with E-state index in [4.69, 9.17) is 4.74 Å². The van der Waals surface area contributed by atoms with Gasteiger partial charge in [-0.2, -0.15) is 0 Å². The maximum Gasteiger partial charge on any atom is 0.310 e. The van der Waals surface area contributed by atoms with Crippen LogP contribution in [0.15, 0.2) is 12.1 Å². The molecule has 19 heavy (non-hydrogen) atoms. The quantitative estimate of drug-likeness (QED) is 0.837. The first-order valence-corrected chi connectivity index (χ1v) is 7.59. The number of rotatable bonds is 5. The molecular weight excluding hydrogens is 262 g/mol. The van der Waals surface area contributed by atoms with E-state index in [0.717, 1.165) is 17.8 Å². The largest absolute Gasteiger partial charge is 0.469 e. The zero-order chi connectivity index (χ0) is 13.2. The summed E-state index contributed by atoms with van der Waals surface area (Å²) in [6, 6.07) is 4.60. The van der Waals surface area contributed by atoms with Crippen molar-refractivity contribution in [2.45, 2.75) is 50.5 Å². The third-order valence-corrected chi connectivity index (χ3v) is 4.99. The normalized spacial score (nSPS) is 28.8. The minimum absolute atomic E-state index is 0.178. The summed E-state index contributed by atoms with van der Waals surface area (Å²) in [5, 5.41) is 3.58. The fraction of sp³-hybridized carbons (Fsp3) is 0.643. The molecule has 2 bridgehead atoms. The van der Waals surface area contributed by atoms with Crippen LogP contribution in [0.3, 0.4) is 0 Å². The predicted octanol–water partition coefficient (Wildman–Crippen LogP) is 1.87. The van der Waals surface area contributed by atoms with E-state index in [0.29, 0.717) is 24.7 Å². The third kappa shape index (κ3) is 2.99. The van der Waals surface area contributed by atoms with Crippen molar-refractivity contribution in [3.63, 3.8) is 0 Å². The summed E-state index contributed by atoms with van der Waals surface area (Å²) in [6.45, 7) is 0.864. The molecule has 0 spiro atoms. The molecule has 1 aromatic heterocycles. The lowest BCUT2D eigenvalue weighted by Crippen LogP contribution is -2.36. The summed E-state index contributed by atoms with van der Waals surface area (Å²) < 4.78 is 10.5. The number of carbonyl (C=O) groups is 1. The second-order valence-electron chi connectivity index (χ2n) is 5.22. The maximum absolute atomic E-state index is 11.2. The standard InChI is InChI=1S/C14H19NO3S/c1-17-14(16)7-10-3-4-11(19-10)8-15-12-6-9-2-5-13(12)18-9/h3-4,9,12-13,15H,2,5-8H2,1H3. The van der Waals surface area contributed by atoms with Gasteiger partial charge in [0.15, 0.2) is 0 Å². The van der Waals surface area contributed by atoms with Gasteiger partial charge in [0.1, 0.15) is 0 Å². The van der Waals surface area contributed by atoms with E-state index in [2.05, 4.69) is 16.1 Å². The van der Waals surface area contributed by atoms with Crippen molar-refractivity contribution < 1.29 is 14.3 Å². The molecule has 2 fully saturated rings. The predicted molar refractivity (Wildman–Crippen MR) is 73.2 cm³/mol. The molecule has 3 atom stereocenters. The molecule has 3 rings (SSSR count). The van der Waals surface area contributed by atoms with Crippen molar-refractivity contribution in [1.29, 1.82) is 0 Å². The van der Waals surface area contributed by atoms with Crippen molar-refractivity contribution in [1.82, 2.24) is 5.32 Å².